The van der Waals surface area contributed by atoms with Gasteiger partial charge in [-0.2, -0.15) is 0 Å². The molecule has 1 unspecified atom stereocenters. The zero-order chi connectivity index (χ0) is 21.9. The highest BCUT2D eigenvalue weighted by molar-refractivity contribution is 6.49. The largest absolute Gasteiger partial charge is 0.462 e. The first kappa shape index (κ1) is 21.4. The molecule has 2 aromatic carbocycles. The van der Waals surface area contributed by atoms with Gasteiger partial charge >= 0.3 is 5.97 Å². The predicted molar refractivity (Wildman–Crippen MR) is 117 cm³/mol. The van der Waals surface area contributed by atoms with Crippen LogP contribution in [0.15, 0.2) is 72.3 Å². The minimum absolute atomic E-state index is 0.119. The number of esters is 1. The molecule has 0 saturated carbocycles. The summed E-state index contributed by atoms with van der Waals surface area (Å²) in [4.78, 5) is 40.5. The van der Waals surface area contributed by atoms with Gasteiger partial charge in [-0.3, -0.25) is 9.59 Å². The van der Waals surface area contributed by atoms with Crippen LogP contribution in [0, 0.1) is 10.8 Å². The second kappa shape index (κ2) is 8.23. The number of benzene rings is 2. The third-order valence-electron chi connectivity index (χ3n) is 5.47. The van der Waals surface area contributed by atoms with E-state index < -0.39 is 22.6 Å². The Labute approximate surface area is 177 Å². The van der Waals surface area contributed by atoms with Crippen LogP contribution in [0.3, 0.4) is 0 Å². The number of ether oxygens (including phenoxy) is 1. The summed E-state index contributed by atoms with van der Waals surface area (Å²) >= 11 is 0. The predicted octanol–water partition coefficient (Wildman–Crippen LogP) is 4.90. The summed E-state index contributed by atoms with van der Waals surface area (Å²) in [6.07, 6.45) is 3.43. The van der Waals surface area contributed by atoms with Gasteiger partial charge in [0.2, 0.25) is 0 Å². The molecular formula is C26H26O4. The first-order valence-electron chi connectivity index (χ1n) is 10.0. The molecule has 0 saturated heterocycles. The van der Waals surface area contributed by atoms with Gasteiger partial charge in [0, 0.05) is 5.57 Å². The summed E-state index contributed by atoms with van der Waals surface area (Å²) in [6.45, 7) is 7.32. The van der Waals surface area contributed by atoms with Crippen molar-refractivity contribution in [1.29, 1.82) is 0 Å². The average molecular weight is 402 g/mol. The van der Waals surface area contributed by atoms with Crippen molar-refractivity contribution in [2.24, 2.45) is 10.8 Å². The average Bonchev–Trinajstić information content (AvgIpc) is 2.95. The van der Waals surface area contributed by atoms with E-state index in [-0.39, 0.29) is 23.5 Å². The van der Waals surface area contributed by atoms with Gasteiger partial charge in [-0.25, -0.2) is 4.79 Å². The van der Waals surface area contributed by atoms with Crippen molar-refractivity contribution in [3.63, 3.8) is 0 Å². The minimum atomic E-state index is -1.50. The fourth-order valence-corrected chi connectivity index (χ4v) is 3.87. The molecule has 0 N–H and O–H groups in total. The van der Waals surface area contributed by atoms with E-state index in [2.05, 4.69) is 0 Å². The SMILES string of the molecule is CCOC(=O)C1=C(c2ccccc2)C(=O)C(/C=C/c2ccccc2)(C(C)(C)C)C1=O. The van der Waals surface area contributed by atoms with Crippen LogP contribution in [0.2, 0.25) is 0 Å². The molecule has 4 nitrogen and oxygen atoms in total. The molecule has 0 amide bonds. The first-order valence-corrected chi connectivity index (χ1v) is 10.0. The first-order chi connectivity index (χ1) is 14.2. The molecule has 1 atom stereocenters. The molecule has 2 aromatic rings. The maximum Gasteiger partial charge on any atom is 0.342 e. The van der Waals surface area contributed by atoms with Gasteiger partial charge in [-0.05, 0) is 23.5 Å². The zero-order valence-corrected chi connectivity index (χ0v) is 17.8. The highest BCUT2D eigenvalue weighted by Gasteiger charge is 2.60. The molecule has 0 aliphatic heterocycles. The number of allylic oxidation sites excluding steroid dienone is 2. The molecular weight excluding hydrogens is 376 g/mol. The topological polar surface area (TPSA) is 60.4 Å². The Morgan fingerprint density at radius 2 is 1.50 bits per heavy atom. The van der Waals surface area contributed by atoms with E-state index in [0.29, 0.717) is 5.56 Å². The molecule has 3 rings (SSSR count). The Morgan fingerprint density at radius 1 is 0.933 bits per heavy atom. The molecule has 0 bridgehead atoms. The lowest BCUT2D eigenvalue weighted by atomic mass is 9.62. The smallest absolute Gasteiger partial charge is 0.342 e. The van der Waals surface area contributed by atoms with Gasteiger partial charge in [0.25, 0.3) is 0 Å². The number of ketones is 2. The maximum absolute atomic E-state index is 13.9. The number of carbonyl (C=O) groups is 3. The number of Topliss-reactive ketones (excluding diaryl/α,β-unsaturated/α-hetero) is 2. The fraction of sp³-hybridized carbons (Fsp3) is 0.269. The Balaban J connectivity index is 2.24. The van der Waals surface area contributed by atoms with Crippen LogP contribution in [-0.2, 0) is 19.1 Å². The van der Waals surface area contributed by atoms with Gasteiger partial charge in [0.1, 0.15) is 11.0 Å². The molecule has 154 valence electrons. The van der Waals surface area contributed by atoms with Gasteiger partial charge in [-0.1, -0.05) is 93.6 Å². The Hall–Kier alpha value is -3.27. The van der Waals surface area contributed by atoms with Crippen molar-refractivity contribution in [3.05, 3.63) is 83.4 Å². The van der Waals surface area contributed by atoms with Crippen LogP contribution >= 0.6 is 0 Å². The van der Waals surface area contributed by atoms with E-state index in [9.17, 15) is 14.4 Å². The van der Waals surface area contributed by atoms with Crippen LogP contribution in [0.5, 0.6) is 0 Å². The van der Waals surface area contributed by atoms with E-state index in [1.165, 1.54) is 0 Å². The van der Waals surface area contributed by atoms with Gasteiger partial charge in [-0.15, -0.1) is 0 Å². The normalized spacial score (nSPS) is 19.6. The van der Waals surface area contributed by atoms with Crippen LogP contribution in [0.4, 0.5) is 0 Å². The Kier molecular flexibility index (Phi) is 5.88. The maximum atomic E-state index is 13.9. The second-order valence-electron chi connectivity index (χ2n) is 8.30. The van der Waals surface area contributed by atoms with Crippen molar-refractivity contribution in [2.75, 3.05) is 6.61 Å². The summed E-state index contributed by atoms with van der Waals surface area (Å²) in [5.41, 5.74) is -0.894. The van der Waals surface area contributed by atoms with Crippen LogP contribution in [-0.4, -0.2) is 24.1 Å². The van der Waals surface area contributed by atoms with Crippen LogP contribution in [0.1, 0.15) is 38.8 Å². The van der Waals surface area contributed by atoms with Gasteiger partial charge in [0.05, 0.1) is 6.61 Å². The standard InChI is InChI=1S/C26H26O4/c1-5-30-24(29)21-20(19-14-10-7-11-15-19)22(27)26(23(21)28,25(2,3)4)17-16-18-12-8-6-9-13-18/h6-17H,5H2,1-4H3/b17-16+. The molecule has 4 heteroatoms. The third kappa shape index (κ3) is 3.54. The molecule has 0 spiro atoms. The lowest BCUT2D eigenvalue weighted by Crippen LogP contribution is -2.45. The zero-order valence-electron chi connectivity index (χ0n) is 17.8. The lowest BCUT2D eigenvalue weighted by molar-refractivity contribution is -0.142. The molecule has 1 aliphatic rings. The summed E-state index contributed by atoms with van der Waals surface area (Å²) in [7, 11) is 0. The van der Waals surface area contributed by atoms with E-state index in [1.807, 2.05) is 57.2 Å². The quantitative estimate of drug-likeness (QED) is 0.405. The van der Waals surface area contributed by atoms with E-state index in [0.717, 1.165) is 5.56 Å². The monoisotopic (exact) mass is 402 g/mol. The van der Waals surface area contributed by atoms with Crippen LogP contribution in [0.25, 0.3) is 11.6 Å². The molecule has 1 aliphatic carbocycles. The van der Waals surface area contributed by atoms with Crippen LogP contribution < -0.4 is 0 Å². The van der Waals surface area contributed by atoms with Gasteiger partial charge < -0.3 is 4.74 Å². The molecule has 0 fully saturated rings. The number of hydrogen-bond donors (Lipinski definition) is 0. The van der Waals surface area contributed by atoms with E-state index in [1.54, 1.807) is 43.3 Å². The summed E-state index contributed by atoms with van der Waals surface area (Å²) < 4.78 is 5.17. The molecule has 0 aromatic heterocycles. The summed E-state index contributed by atoms with van der Waals surface area (Å²) in [6, 6.07) is 18.3. The van der Waals surface area contributed by atoms with Crippen molar-refractivity contribution in [2.45, 2.75) is 27.7 Å². The molecule has 0 heterocycles. The molecule has 30 heavy (non-hydrogen) atoms. The van der Waals surface area contributed by atoms with Crippen molar-refractivity contribution in [1.82, 2.24) is 0 Å². The minimum Gasteiger partial charge on any atom is -0.462 e. The molecule has 0 radical (unpaired) electrons. The third-order valence-corrected chi connectivity index (χ3v) is 5.47. The van der Waals surface area contributed by atoms with Crippen molar-refractivity contribution >= 4 is 29.2 Å². The summed E-state index contributed by atoms with van der Waals surface area (Å²) in [5.74, 6) is -1.64. The van der Waals surface area contributed by atoms with Gasteiger partial charge in [0.15, 0.2) is 11.6 Å². The number of hydrogen-bond acceptors (Lipinski definition) is 4. The van der Waals surface area contributed by atoms with Crippen molar-refractivity contribution < 1.29 is 19.1 Å². The second-order valence-corrected chi connectivity index (χ2v) is 8.30. The number of rotatable bonds is 5. The van der Waals surface area contributed by atoms with E-state index >= 15 is 0 Å². The Bertz CT molecular complexity index is 1020. The summed E-state index contributed by atoms with van der Waals surface area (Å²) in [5, 5.41) is 0. The van der Waals surface area contributed by atoms with E-state index in [4.69, 9.17) is 4.74 Å². The highest BCUT2D eigenvalue weighted by atomic mass is 16.5. The highest BCUT2D eigenvalue weighted by Crippen LogP contribution is 2.52. The Morgan fingerprint density at radius 3 is 2.03 bits per heavy atom. The number of carbonyl (C=O) groups excluding carboxylic acids is 3. The lowest BCUT2D eigenvalue weighted by Gasteiger charge is -2.37. The fourth-order valence-electron chi connectivity index (χ4n) is 3.87. The van der Waals surface area contributed by atoms with Crippen molar-refractivity contribution in [3.8, 4) is 0 Å².